The molecule has 0 bridgehead atoms. The van der Waals surface area contributed by atoms with E-state index >= 15 is 0 Å². The molecule has 21 heavy (non-hydrogen) atoms. The molecule has 0 spiro atoms. The molecule has 0 aliphatic rings. The largest absolute Gasteiger partial charge is 0.508 e. The second kappa shape index (κ2) is 7.29. The highest BCUT2D eigenvalue weighted by Gasteiger charge is 2.24. The first kappa shape index (κ1) is 18.0. The molecule has 1 aromatic rings. The second-order valence-electron chi connectivity index (χ2n) is 6.16. The summed E-state index contributed by atoms with van der Waals surface area (Å²) in [5, 5.41) is 30.1. The van der Waals surface area contributed by atoms with Gasteiger partial charge in [0.05, 0.1) is 6.10 Å². The molecule has 0 aliphatic heterocycles. The van der Waals surface area contributed by atoms with Crippen LogP contribution < -0.4 is 0 Å². The molecule has 2 unspecified atom stereocenters. The molecule has 3 N–H and O–H groups in total. The van der Waals surface area contributed by atoms with E-state index in [0.29, 0.717) is 11.3 Å². The average Bonchev–Trinajstić information content (AvgIpc) is 2.36. The summed E-state index contributed by atoms with van der Waals surface area (Å²) >= 11 is 1.11. The van der Waals surface area contributed by atoms with Gasteiger partial charge in [-0.3, -0.25) is 4.79 Å². The Morgan fingerprint density at radius 2 is 1.90 bits per heavy atom. The van der Waals surface area contributed by atoms with Crippen molar-refractivity contribution in [2.45, 2.75) is 51.7 Å². The van der Waals surface area contributed by atoms with Gasteiger partial charge in [-0.05, 0) is 29.5 Å². The maximum Gasteiger partial charge on any atom is 0.185 e. The van der Waals surface area contributed by atoms with Gasteiger partial charge in [0.1, 0.15) is 11.9 Å². The fraction of sp³-hybridized carbons (Fsp3) is 0.562. The Kier molecular flexibility index (Phi) is 6.25. The first-order chi connectivity index (χ1) is 9.62. The molecule has 0 fully saturated rings. The quantitative estimate of drug-likeness (QED) is 0.779. The van der Waals surface area contributed by atoms with Gasteiger partial charge in [-0.25, -0.2) is 0 Å². The fourth-order valence-electron chi connectivity index (χ4n) is 1.95. The van der Waals surface area contributed by atoms with E-state index in [4.69, 9.17) is 0 Å². The predicted molar refractivity (Wildman–Crippen MR) is 85.5 cm³/mol. The Morgan fingerprint density at radius 3 is 2.43 bits per heavy atom. The maximum atomic E-state index is 10.9. The van der Waals surface area contributed by atoms with Crippen molar-refractivity contribution in [3.05, 3.63) is 29.3 Å². The molecule has 0 saturated heterocycles. The van der Waals surface area contributed by atoms with Crippen LogP contribution in [-0.2, 0) is 10.2 Å². The van der Waals surface area contributed by atoms with Gasteiger partial charge >= 0.3 is 0 Å². The van der Waals surface area contributed by atoms with Crippen LogP contribution in [0.5, 0.6) is 5.75 Å². The normalized spacial score (nSPS) is 14.8. The van der Waals surface area contributed by atoms with Crippen molar-refractivity contribution in [3.8, 4) is 5.75 Å². The van der Waals surface area contributed by atoms with E-state index < -0.39 is 12.2 Å². The van der Waals surface area contributed by atoms with Crippen LogP contribution in [0.15, 0.2) is 18.2 Å². The van der Waals surface area contributed by atoms with Gasteiger partial charge in [0.25, 0.3) is 0 Å². The smallest absolute Gasteiger partial charge is 0.185 e. The van der Waals surface area contributed by atoms with Gasteiger partial charge in [-0.15, -0.1) is 0 Å². The number of hydrogen-bond donors (Lipinski definition) is 3. The summed E-state index contributed by atoms with van der Waals surface area (Å²) < 4.78 is 0. The van der Waals surface area contributed by atoms with Crippen LogP contribution >= 0.6 is 11.8 Å². The van der Waals surface area contributed by atoms with Gasteiger partial charge in [0.2, 0.25) is 0 Å². The Balaban J connectivity index is 2.85. The molecule has 0 amide bonds. The minimum absolute atomic E-state index is 0.0192. The molecular weight excluding hydrogens is 288 g/mol. The molecule has 0 aromatic heterocycles. The summed E-state index contributed by atoms with van der Waals surface area (Å²) in [5.41, 5.74) is 1.18. The van der Waals surface area contributed by atoms with Crippen LogP contribution in [0.4, 0.5) is 0 Å². The van der Waals surface area contributed by atoms with Crippen LogP contribution in [0.3, 0.4) is 0 Å². The fourth-order valence-corrected chi connectivity index (χ4v) is 2.59. The summed E-state index contributed by atoms with van der Waals surface area (Å²) in [6.45, 7) is 7.58. The number of rotatable bonds is 5. The van der Waals surface area contributed by atoms with Crippen LogP contribution in [-0.4, -0.2) is 32.3 Å². The van der Waals surface area contributed by atoms with Gasteiger partial charge in [0, 0.05) is 18.2 Å². The Morgan fingerprint density at radius 1 is 1.29 bits per heavy atom. The Bertz CT molecular complexity index is 494. The molecule has 4 nitrogen and oxygen atoms in total. The minimum atomic E-state index is -1.17. The predicted octanol–water partition coefficient (Wildman–Crippen LogP) is 2.75. The number of carbonyl (C=O) groups excluding carboxylic acids is 1. The number of thioether (sulfide) groups is 1. The maximum absolute atomic E-state index is 10.9. The summed E-state index contributed by atoms with van der Waals surface area (Å²) in [5.74, 6) is 0.404. The Hall–Kier alpha value is -1.04. The van der Waals surface area contributed by atoms with E-state index in [9.17, 15) is 20.1 Å². The SMILES string of the molecule is CC(=O)SCCC(O)C(O)c1cc(C(C)(C)C)ccc1O. The number of aliphatic hydroxyl groups is 2. The van der Waals surface area contributed by atoms with E-state index in [0.717, 1.165) is 17.3 Å². The topological polar surface area (TPSA) is 77.8 Å². The average molecular weight is 312 g/mol. The molecule has 1 aromatic carbocycles. The van der Waals surface area contributed by atoms with E-state index in [1.165, 1.54) is 13.0 Å². The van der Waals surface area contributed by atoms with E-state index in [1.807, 2.05) is 26.8 Å². The lowest BCUT2D eigenvalue weighted by molar-refractivity contribution is -0.109. The number of aliphatic hydroxyl groups excluding tert-OH is 2. The van der Waals surface area contributed by atoms with Crippen LogP contribution in [0.2, 0.25) is 0 Å². The zero-order valence-corrected chi connectivity index (χ0v) is 13.8. The van der Waals surface area contributed by atoms with Crippen molar-refractivity contribution >= 4 is 16.9 Å². The molecule has 0 heterocycles. The van der Waals surface area contributed by atoms with Crippen LogP contribution in [0.1, 0.15) is 51.3 Å². The van der Waals surface area contributed by atoms with Crippen molar-refractivity contribution in [1.29, 1.82) is 0 Å². The summed E-state index contributed by atoms with van der Waals surface area (Å²) in [6, 6.07) is 5.07. The molecule has 118 valence electrons. The summed E-state index contributed by atoms with van der Waals surface area (Å²) in [4.78, 5) is 10.9. The number of carbonyl (C=O) groups is 1. The van der Waals surface area contributed by atoms with Crippen molar-refractivity contribution < 1.29 is 20.1 Å². The number of phenols is 1. The number of phenolic OH excluding ortho intramolecular Hbond substituents is 1. The van der Waals surface area contributed by atoms with Gasteiger partial charge in [-0.2, -0.15) is 0 Å². The zero-order valence-electron chi connectivity index (χ0n) is 13.0. The highest BCUT2D eigenvalue weighted by Crippen LogP contribution is 2.33. The Labute approximate surface area is 130 Å². The standard InChI is InChI=1S/C16H24O4S/c1-10(17)21-8-7-14(19)15(20)12-9-11(16(2,3)4)5-6-13(12)18/h5-6,9,14-15,18-20H,7-8H2,1-4H3. The first-order valence-corrected chi connectivity index (χ1v) is 7.94. The lowest BCUT2D eigenvalue weighted by Gasteiger charge is -2.23. The molecule has 5 heteroatoms. The highest BCUT2D eigenvalue weighted by atomic mass is 32.2. The van der Waals surface area contributed by atoms with Gasteiger partial charge < -0.3 is 15.3 Å². The second-order valence-corrected chi connectivity index (χ2v) is 7.44. The number of aromatic hydroxyl groups is 1. The van der Waals surface area contributed by atoms with E-state index in [-0.39, 0.29) is 22.7 Å². The third kappa shape index (κ3) is 5.34. The van der Waals surface area contributed by atoms with Gasteiger partial charge in [0.15, 0.2) is 5.12 Å². The monoisotopic (exact) mass is 312 g/mol. The molecule has 0 aliphatic carbocycles. The first-order valence-electron chi connectivity index (χ1n) is 6.96. The number of hydrogen-bond acceptors (Lipinski definition) is 5. The third-order valence-electron chi connectivity index (χ3n) is 3.30. The lowest BCUT2D eigenvalue weighted by Crippen LogP contribution is -2.20. The molecule has 2 atom stereocenters. The summed E-state index contributed by atoms with van der Waals surface area (Å²) in [6.07, 6.45) is -1.90. The molecule has 0 radical (unpaired) electrons. The van der Waals surface area contributed by atoms with Crippen molar-refractivity contribution in [3.63, 3.8) is 0 Å². The highest BCUT2D eigenvalue weighted by molar-refractivity contribution is 8.13. The number of benzene rings is 1. The van der Waals surface area contributed by atoms with Gasteiger partial charge in [-0.1, -0.05) is 38.6 Å². The molecule has 0 saturated carbocycles. The lowest BCUT2D eigenvalue weighted by atomic mass is 9.85. The van der Waals surface area contributed by atoms with Crippen LogP contribution in [0, 0.1) is 0 Å². The minimum Gasteiger partial charge on any atom is -0.508 e. The van der Waals surface area contributed by atoms with Crippen molar-refractivity contribution in [1.82, 2.24) is 0 Å². The van der Waals surface area contributed by atoms with Crippen LogP contribution in [0.25, 0.3) is 0 Å². The molecular formula is C16H24O4S. The van der Waals surface area contributed by atoms with Crippen molar-refractivity contribution in [2.75, 3.05) is 5.75 Å². The van der Waals surface area contributed by atoms with E-state index in [1.54, 1.807) is 6.07 Å². The van der Waals surface area contributed by atoms with Crippen molar-refractivity contribution in [2.24, 2.45) is 0 Å². The third-order valence-corrected chi connectivity index (χ3v) is 4.14. The van der Waals surface area contributed by atoms with E-state index in [2.05, 4.69) is 0 Å². The zero-order chi connectivity index (χ0) is 16.2. The summed E-state index contributed by atoms with van der Waals surface area (Å²) in [7, 11) is 0. The molecule has 1 rings (SSSR count).